The minimum atomic E-state index is -0.215. The fourth-order valence-corrected chi connectivity index (χ4v) is 22.5. The number of hydrogen-bond acceptors (Lipinski definition) is 4. The Morgan fingerprint density at radius 1 is 0.393 bits per heavy atom. The highest BCUT2D eigenvalue weighted by molar-refractivity contribution is 5.72. The van der Waals surface area contributed by atoms with Crippen molar-refractivity contribution in [1.29, 1.82) is 0 Å². The molecular formula is C52H68N2O2. The van der Waals surface area contributed by atoms with Crippen molar-refractivity contribution in [2.75, 3.05) is 11.5 Å². The predicted molar refractivity (Wildman–Crippen MR) is 222 cm³/mol. The van der Waals surface area contributed by atoms with Gasteiger partial charge in [-0.2, -0.15) is 0 Å². The Bertz CT molecular complexity index is 1820. The van der Waals surface area contributed by atoms with Crippen molar-refractivity contribution in [2.45, 2.75) is 164 Å². The lowest BCUT2D eigenvalue weighted by Gasteiger charge is -2.77. The molecule has 16 aliphatic carbocycles. The molecule has 2 atom stereocenters. The number of nitrogens with two attached hydrogens (primary N) is 2. The van der Waals surface area contributed by atoms with E-state index in [0.717, 1.165) is 76.5 Å². The van der Waals surface area contributed by atoms with Crippen molar-refractivity contribution in [1.82, 2.24) is 0 Å². The molecule has 6 N–H and O–H groups in total. The largest absolute Gasteiger partial charge is 0.506 e. The average molecular weight is 753 g/mol. The maximum Gasteiger partial charge on any atom is 0.138 e. The first-order chi connectivity index (χ1) is 27.1. The summed E-state index contributed by atoms with van der Waals surface area (Å²) in [5.74, 6) is 10.3. The number of aromatic hydroxyl groups is 2. The minimum absolute atomic E-state index is 0.0561. The van der Waals surface area contributed by atoms with Gasteiger partial charge in [-0.3, -0.25) is 0 Å². The molecule has 16 saturated carbocycles. The quantitative estimate of drug-likeness (QED) is 0.181. The SMILES string of the molecule is Nc1c(O)ccc(C2(c3ccc(O)c(N)c3C34CC5CC(CC(C5)C3)C4)C3CC4CC(C3)CC2(C23CC5CC(CC(C5)C2)C3)C4)c1C12CC3CC(CC(C3)C1)C2. The molecule has 0 aromatic heterocycles. The smallest absolute Gasteiger partial charge is 0.138 e. The van der Waals surface area contributed by atoms with Crippen LogP contribution < -0.4 is 11.5 Å². The molecule has 0 radical (unpaired) electrons. The highest BCUT2D eigenvalue weighted by atomic mass is 16.3. The highest BCUT2D eigenvalue weighted by Crippen LogP contribution is 2.83. The van der Waals surface area contributed by atoms with Gasteiger partial charge in [0.25, 0.3) is 0 Å². The lowest BCUT2D eigenvalue weighted by molar-refractivity contribution is -0.235. The van der Waals surface area contributed by atoms with Gasteiger partial charge in [0.2, 0.25) is 0 Å². The van der Waals surface area contributed by atoms with E-state index in [1.807, 2.05) is 0 Å². The van der Waals surface area contributed by atoms with Crippen LogP contribution in [0.3, 0.4) is 0 Å². The zero-order valence-corrected chi connectivity index (χ0v) is 34.1. The number of hydrogen-bond donors (Lipinski definition) is 4. The summed E-state index contributed by atoms with van der Waals surface area (Å²) >= 11 is 0. The number of phenols is 2. The molecule has 0 saturated heterocycles. The van der Waals surface area contributed by atoms with E-state index in [4.69, 9.17) is 11.5 Å². The van der Waals surface area contributed by atoms with Crippen molar-refractivity contribution in [3.8, 4) is 11.5 Å². The molecule has 0 spiro atoms. The first-order valence-electron chi connectivity index (χ1n) is 24.3. The van der Waals surface area contributed by atoms with Gasteiger partial charge in [0, 0.05) is 5.41 Å². The third-order valence-corrected chi connectivity index (χ3v) is 22.0. The van der Waals surface area contributed by atoms with Gasteiger partial charge < -0.3 is 21.7 Å². The molecule has 4 heteroatoms. The number of rotatable bonds is 5. The summed E-state index contributed by atoms with van der Waals surface area (Å²) in [6.45, 7) is 0. The summed E-state index contributed by atoms with van der Waals surface area (Å²) in [7, 11) is 0. The Balaban J connectivity index is 1.11. The van der Waals surface area contributed by atoms with E-state index in [0.29, 0.717) is 22.8 Å². The van der Waals surface area contributed by atoms with Crippen molar-refractivity contribution in [3.05, 3.63) is 46.5 Å². The summed E-state index contributed by atoms with van der Waals surface area (Å²) in [4.78, 5) is 0. The molecule has 0 heterocycles. The Hall–Kier alpha value is -2.36. The minimum Gasteiger partial charge on any atom is -0.506 e. The molecule has 298 valence electrons. The number of anilines is 2. The van der Waals surface area contributed by atoms with Crippen LogP contribution in [0.25, 0.3) is 0 Å². The van der Waals surface area contributed by atoms with Crippen LogP contribution in [0.4, 0.5) is 11.4 Å². The topological polar surface area (TPSA) is 92.5 Å². The Morgan fingerprint density at radius 3 is 1.04 bits per heavy atom. The van der Waals surface area contributed by atoms with Gasteiger partial charge in [-0.1, -0.05) is 12.1 Å². The van der Waals surface area contributed by atoms with Crippen LogP contribution in [0, 0.1) is 81.8 Å². The van der Waals surface area contributed by atoms with Crippen LogP contribution in [-0.2, 0) is 16.2 Å². The standard InChI is InChI=1S/C52H68N2O2/c53-46-42(55)3-1-40(44(46)48-17-28-5-29(18-48)7-30(6-28)19-48)52(41-2-4-43(56)47(54)45(41)49-20-31-8-32(21-49)10-33(9-31)22-49)39-15-37-14-38(16-39)27-51(52,26-37)50-23-34-11-35(24-50)13-36(12-34)25-50/h1-4,28-39,55-56H,5-27,53-54H2. The lowest BCUT2D eigenvalue weighted by atomic mass is 9.26. The first kappa shape index (κ1) is 33.5. The molecule has 4 nitrogen and oxygen atoms in total. The van der Waals surface area contributed by atoms with Crippen LogP contribution >= 0.6 is 0 Å². The molecule has 16 aliphatic rings. The van der Waals surface area contributed by atoms with Gasteiger partial charge in [-0.15, -0.1) is 0 Å². The Kier molecular flexibility index (Phi) is 6.38. The third kappa shape index (κ3) is 3.97. The number of phenolic OH excluding ortho intramolecular Hbond substituents is 2. The van der Waals surface area contributed by atoms with Gasteiger partial charge >= 0.3 is 0 Å². The monoisotopic (exact) mass is 753 g/mol. The molecular weight excluding hydrogens is 685 g/mol. The highest BCUT2D eigenvalue weighted by Gasteiger charge is 2.76. The van der Waals surface area contributed by atoms with Gasteiger partial charge in [0.1, 0.15) is 11.5 Å². The van der Waals surface area contributed by atoms with E-state index in [2.05, 4.69) is 24.3 Å². The Labute approximate surface area is 335 Å². The maximum atomic E-state index is 11.9. The summed E-state index contributed by atoms with van der Waals surface area (Å²) < 4.78 is 0. The van der Waals surface area contributed by atoms with E-state index >= 15 is 0 Å². The third-order valence-electron chi connectivity index (χ3n) is 22.0. The van der Waals surface area contributed by atoms with Crippen LogP contribution in [0.2, 0.25) is 0 Å². The predicted octanol–water partition coefficient (Wildman–Crippen LogP) is 11.5. The van der Waals surface area contributed by atoms with Crippen LogP contribution in [0.15, 0.2) is 24.3 Å². The van der Waals surface area contributed by atoms with E-state index in [1.165, 1.54) is 159 Å². The Morgan fingerprint density at radius 2 is 0.696 bits per heavy atom. The molecule has 0 aliphatic heterocycles. The molecule has 56 heavy (non-hydrogen) atoms. The summed E-state index contributed by atoms with van der Waals surface area (Å²) in [5.41, 5.74) is 23.1. The van der Waals surface area contributed by atoms with Crippen LogP contribution in [0.1, 0.15) is 170 Å². The van der Waals surface area contributed by atoms with E-state index in [-0.39, 0.29) is 21.7 Å². The van der Waals surface area contributed by atoms with Crippen molar-refractivity contribution < 1.29 is 10.2 Å². The molecule has 16 fully saturated rings. The van der Waals surface area contributed by atoms with Crippen molar-refractivity contribution >= 4 is 11.4 Å². The number of benzene rings is 2. The number of nitrogen functional groups attached to an aromatic ring is 2. The zero-order chi connectivity index (χ0) is 37.1. The van der Waals surface area contributed by atoms with E-state index in [1.54, 1.807) is 11.1 Å². The van der Waals surface area contributed by atoms with E-state index in [9.17, 15) is 10.2 Å². The second-order valence-electron chi connectivity index (χ2n) is 24.9. The zero-order valence-electron chi connectivity index (χ0n) is 34.1. The fraction of sp³-hybridized carbons (Fsp3) is 0.769. The van der Waals surface area contributed by atoms with Crippen molar-refractivity contribution in [2.24, 2.45) is 81.8 Å². The molecule has 16 bridgehead atoms. The molecule has 0 amide bonds. The maximum absolute atomic E-state index is 11.9. The summed E-state index contributed by atoms with van der Waals surface area (Å²) in [6, 6.07) is 9.19. The van der Waals surface area contributed by atoms with Gasteiger partial charge in [0.15, 0.2) is 0 Å². The van der Waals surface area contributed by atoms with Crippen molar-refractivity contribution in [3.63, 3.8) is 0 Å². The molecule has 2 unspecified atom stereocenters. The normalized spacial score (nSPS) is 53.4. The average Bonchev–Trinajstić information content (AvgIpc) is 3.12. The van der Waals surface area contributed by atoms with Gasteiger partial charge in [-0.05, 0) is 275 Å². The summed E-state index contributed by atoms with van der Waals surface area (Å²) in [6.07, 6.45) is 31.6. The van der Waals surface area contributed by atoms with Gasteiger partial charge in [-0.25, -0.2) is 0 Å². The molecule has 2 aromatic rings. The molecule has 18 rings (SSSR count). The second kappa shape index (κ2) is 10.7. The molecule has 2 aromatic carbocycles. The second-order valence-corrected chi connectivity index (χ2v) is 24.9. The summed E-state index contributed by atoms with van der Waals surface area (Å²) in [5, 5.41) is 23.9. The lowest BCUT2D eigenvalue weighted by Crippen LogP contribution is -2.72. The van der Waals surface area contributed by atoms with E-state index < -0.39 is 0 Å². The van der Waals surface area contributed by atoms with Crippen LogP contribution in [-0.4, -0.2) is 10.2 Å². The first-order valence-corrected chi connectivity index (χ1v) is 24.3. The fourth-order valence-electron chi connectivity index (χ4n) is 22.5. The van der Waals surface area contributed by atoms with Crippen LogP contribution in [0.5, 0.6) is 11.5 Å². The van der Waals surface area contributed by atoms with Gasteiger partial charge in [0.05, 0.1) is 11.4 Å².